The van der Waals surface area contributed by atoms with Crippen LogP contribution < -0.4 is 14.8 Å². The predicted molar refractivity (Wildman–Crippen MR) is 121 cm³/mol. The maximum Gasteiger partial charge on any atom is 0.244 e. The highest BCUT2D eigenvalue weighted by atomic mass is 19.1. The molecule has 0 saturated heterocycles. The molecule has 0 saturated carbocycles. The Bertz CT molecular complexity index is 1050. The molecule has 0 radical (unpaired) electrons. The molecule has 0 aliphatic heterocycles. The van der Waals surface area contributed by atoms with E-state index in [9.17, 15) is 9.18 Å². The van der Waals surface area contributed by atoms with E-state index in [1.54, 1.807) is 19.3 Å². The van der Waals surface area contributed by atoms with E-state index in [-0.39, 0.29) is 11.7 Å². The van der Waals surface area contributed by atoms with Crippen LogP contribution in [0.2, 0.25) is 0 Å². The number of amides is 1. The zero-order valence-corrected chi connectivity index (χ0v) is 17.7. The van der Waals surface area contributed by atoms with Crippen LogP contribution >= 0.6 is 0 Å². The van der Waals surface area contributed by atoms with Crippen molar-refractivity contribution in [2.45, 2.75) is 20.0 Å². The lowest BCUT2D eigenvalue weighted by molar-refractivity contribution is -0.116. The summed E-state index contributed by atoms with van der Waals surface area (Å²) in [4.78, 5) is 12.1. The fraction of sp³-hybridized carbons (Fsp3) is 0.192. The number of halogens is 1. The van der Waals surface area contributed by atoms with Gasteiger partial charge in [-0.2, -0.15) is 0 Å². The van der Waals surface area contributed by atoms with Gasteiger partial charge in [-0.1, -0.05) is 42.5 Å². The third kappa shape index (κ3) is 6.71. The van der Waals surface area contributed by atoms with Crippen molar-refractivity contribution in [3.8, 4) is 11.5 Å². The molecule has 31 heavy (non-hydrogen) atoms. The van der Waals surface area contributed by atoms with Gasteiger partial charge < -0.3 is 14.8 Å². The maximum absolute atomic E-state index is 13.2. The van der Waals surface area contributed by atoms with Crippen LogP contribution in [0.5, 0.6) is 11.5 Å². The molecule has 1 N–H and O–H groups in total. The molecule has 160 valence electrons. The van der Waals surface area contributed by atoms with Gasteiger partial charge in [0.1, 0.15) is 12.4 Å². The van der Waals surface area contributed by atoms with Crippen LogP contribution in [-0.2, 0) is 17.8 Å². The molecule has 4 nitrogen and oxygen atoms in total. The number of aryl methyl sites for hydroxylation is 1. The lowest BCUT2D eigenvalue weighted by Gasteiger charge is -2.12. The molecule has 0 bridgehead atoms. The minimum atomic E-state index is -0.286. The lowest BCUT2D eigenvalue weighted by Crippen LogP contribution is -2.23. The molecule has 0 fully saturated rings. The Morgan fingerprint density at radius 2 is 1.81 bits per heavy atom. The van der Waals surface area contributed by atoms with Crippen LogP contribution in [0.3, 0.4) is 0 Å². The molecule has 0 aliphatic rings. The average molecular weight is 419 g/mol. The van der Waals surface area contributed by atoms with E-state index in [1.807, 2.05) is 55.5 Å². The first-order valence-electron chi connectivity index (χ1n) is 10.1. The van der Waals surface area contributed by atoms with Crippen molar-refractivity contribution in [3.63, 3.8) is 0 Å². The van der Waals surface area contributed by atoms with E-state index >= 15 is 0 Å². The Hall–Kier alpha value is -3.60. The molecule has 0 atom stereocenters. The summed E-state index contributed by atoms with van der Waals surface area (Å²) in [6.45, 7) is 2.74. The first kappa shape index (κ1) is 22.1. The van der Waals surface area contributed by atoms with Gasteiger partial charge in [0.05, 0.1) is 7.11 Å². The second-order valence-corrected chi connectivity index (χ2v) is 7.13. The lowest BCUT2D eigenvalue weighted by atomic mass is 10.1. The summed E-state index contributed by atoms with van der Waals surface area (Å²) in [5.74, 6) is 0.853. The topological polar surface area (TPSA) is 47.6 Å². The Labute approximate surface area is 182 Å². The molecule has 0 aromatic heterocycles. The Balaban J connectivity index is 1.53. The number of ether oxygens (including phenoxy) is 2. The van der Waals surface area contributed by atoms with Gasteiger partial charge >= 0.3 is 0 Å². The number of rotatable bonds is 9. The van der Waals surface area contributed by atoms with Crippen LogP contribution in [0.15, 0.2) is 72.8 Å². The zero-order chi connectivity index (χ0) is 22.1. The highest BCUT2D eigenvalue weighted by Gasteiger charge is 2.07. The number of hydrogen-bond donors (Lipinski definition) is 1. The third-order valence-corrected chi connectivity index (χ3v) is 4.82. The molecule has 0 heterocycles. The van der Waals surface area contributed by atoms with Crippen LogP contribution in [-0.4, -0.2) is 19.6 Å². The second kappa shape index (κ2) is 11.0. The fourth-order valence-corrected chi connectivity index (χ4v) is 3.11. The van der Waals surface area contributed by atoms with Gasteiger partial charge in [0.15, 0.2) is 11.5 Å². The monoisotopic (exact) mass is 419 g/mol. The van der Waals surface area contributed by atoms with Crippen molar-refractivity contribution in [1.29, 1.82) is 0 Å². The van der Waals surface area contributed by atoms with E-state index in [0.29, 0.717) is 31.1 Å². The van der Waals surface area contributed by atoms with Gasteiger partial charge in [-0.05, 0) is 65.9 Å². The third-order valence-electron chi connectivity index (χ3n) is 4.82. The van der Waals surface area contributed by atoms with E-state index in [2.05, 4.69) is 5.32 Å². The average Bonchev–Trinajstić information content (AvgIpc) is 2.78. The van der Waals surface area contributed by atoms with Gasteiger partial charge in [0.25, 0.3) is 0 Å². The van der Waals surface area contributed by atoms with E-state index in [4.69, 9.17) is 9.47 Å². The summed E-state index contributed by atoms with van der Waals surface area (Å²) in [5.41, 5.74) is 3.70. The number of methoxy groups -OCH3 is 1. The van der Waals surface area contributed by atoms with Crippen molar-refractivity contribution < 1.29 is 18.7 Å². The predicted octanol–water partition coefficient (Wildman–Crippen LogP) is 5.09. The molecule has 5 heteroatoms. The molecule has 1 amide bonds. The molecule has 3 aromatic carbocycles. The Morgan fingerprint density at radius 1 is 1.00 bits per heavy atom. The molecule has 3 aromatic rings. The standard InChI is InChI=1S/C26H26FNO3/c1-19-16-23(27)11-9-22(19)10-13-26(29)28-15-14-20-8-12-24(30-2)25(17-20)31-18-21-6-4-3-5-7-21/h3-13,16-17H,14-15,18H2,1-2H3,(H,28,29)/b13-10+. The van der Waals surface area contributed by atoms with E-state index < -0.39 is 0 Å². The number of nitrogens with one attached hydrogen (secondary N) is 1. The summed E-state index contributed by atoms with van der Waals surface area (Å²) in [5, 5.41) is 2.87. The summed E-state index contributed by atoms with van der Waals surface area (Å²) in [6.07, 6.45) is 3.80. The summed E-state index contributed by atoms with van der Waals surface area (Å²) in [6, 6.07) is 20.2. The van der Waals surface area contributed by atoms with Crippen molar-refractivity contribution in [2.75, 3.05) is 13.7 Å². The van der Waals surface area contributed by atoms with Crippen molar-refractivity contribution in [3.05, 3.63) is 101 Å². The van der Waals surface area contributed by atoms with E-state index in [1.165, 1.54) is 18.2 Å². The van der Waals surface area contributed by atoms with Gasteiger partial charge in [0.2, 0.25) is 5.91 Å². The molecule has 0 aliphatic carbocycles. The minimum absolute atomic E-state index is 0.196. The van der Waals surface area contributed by atoms with Crippen LogP contribution in [0.1, 0.15) is 22.3 Å². The summed E-state index contributed by atoms with van der Waals surface area (Å²) in [7, 11) is 1.61. The van der Waals surface area contributed by atoms with Crippen molar-refractivity contribution in [1.82, 2.24) is 5.32 Å². The first-order valence-corrected chi connectivity index (χ1v) is 10.1. The molecule has 0 unspecified atom stereocenters. The normalized spacial score (nSPS) is 10.8. The highest BCUT2D eigenvalue weighted by Crippen LogP contribution is 2.29. The van der Waals surface area contributed by atoms with Gasteiger partial charge in [0, 0.05) is 12.6 Å². The highest BCUT2D eigenvalue weighted by molar-refractivity contribution is 5.91. The number of carbonyl (C=O) groups excluding carboxylic acids is 1. The van der Waals surface area contributed by atoms with Gasteiger partial charge in [-0.15, -0.1) is 0 Å². The zero-order valence-electron chi connectivity index (χ0n) is 17.7. The first-order chi connectivity index (χ1) is 15.0. The van der Waals surface area contributed by atoms with E-state index in [0.717, 1.165) is 22.3 Å². The minimum Gasteiger partial charge on any atom is -0.493 e. The quantitative estimate of drug-likeness (QED) is 0.491. The molecule has 0 spiro atoms. The Morgan fingerprint density at radius 3 is 2.55 bits per heavy atom. The van der Waals surface area contributed by atoms with Crippen molar-refractivity contribution in [2.24, 2.45) is 0 Å². The van der Waals surface area contributed by atoms with Gasteiger partial charge in [-0.25, -0.2) is 4.39 Å². The molecular formula is C26H26FNO3. The SMILES string of the molecule is COc1ccc(CCNC(=O)/C=C/c2ccc(F)cc2C)cc1OCc1ccccc1. The van der Waals surface area contributed by atoms with Crippen LogP contribution in [0, 0.1) is 12.7 Å². The summed E-state index contributed by atoms with van der Waals surface area (Å²) < 4.78 is 24.5. The smallest absolute Gasteiger partial charge is 0.244 e. The van der Waals surface area contributed by atoms with Crippen LogP contribution in [0.4, 0.5) is 4.39 Å². The number of carbonyl (C=O) groups is 1. The molecule has 3 rings (SSSR count). The Kier molecular flexibility index (Phi) is 7.82. The largest absolute Gasteiger partial charge is 0.493 e. The van der Waals surface area contributed by atoms with Crippen molar-refractivity contribution >= 4 is 12.0 Å². The molecular weight excluding hydrogens is 393 g/mol. The van der Waals surface area contributed by atoms with Crippen LogP contribution in [0.25, 0.3) is 6.08 Å². The fourth-order valence-electron chi connectivity index (χ4n) is 3.11. The maximum atomic E-state index is 13.2. The summed E-state index contributed by atoms with van der Waals surface area (Å²) >= 11 is 0. The van der Waals surface area contributed by atoms with Gasteiger partial charge in [-0.3, -0.25) is 4.79 Å². The number of benzene rings is 3. The second-order valence-electron chi connectivity index (χ2n) is 7.13. The number of hydrogen-bond acceptors (Lipinski definition) is 3.